The number of rotatable bonds is 7. The van der Waals surface area contributed by atoms with E-state index in [4.69, 9.17) is 0 Å². The Balaban J connectivity index is 1.92. The lowest BCUT2D eigenvalue weighted by Crippen LogP contribution is -2.37. The number of nitrogens with zero attached hydrogens (tertiary/aromatic N) is 2. The van der Waals surface area contributed by atoms with Gasteiger partial charge in [-0.3, -0.25) is 4.79 Å². The molecule has 0 saturated heterocycles. The predicted octanol–water partition coefficient (Wildman–Crippen LogP) is 3.02. The molecular formula is C19H27N5OS. The first kappa shape index (κ1) is 19.9. The minimum Gasteiger partial charge on any atom is -0.357 e. The number of aliphatic imine (C=N–C) groups is 1. The smallest absolute Gasteiger partial charge is 0.246 e. The molecule has 0 saturated carbocycles. The normalized spacial score (nSPS) is 11.3. The van der Waals surface area contributed by atoms with Crippen molar-refractivity contribution >= 4 is 28.9 Å². The Morgan fingerprint density at radius 1 is 1.23 bits per heavy atom. The molecule has 0 spiro atoms. The zero-order valence-electron chi connectivity index (χ0n) is 15.8. The molecule has 0 atom stereocenters. The Labute approximate surface area is 159 Å². The highest BCUT2D eigenvalue weighted by Gasteiger charge is 2.07. The number of nitrogens with one attached hydrogen (secondary N) is 3. The monoisotopic (exact) mass is 373 g/mol. The maximum atomic E-state index is 12.2. The summed E-state index contributed by atoms with van der Waals surface area (Å²) in [6.45, 7) is 9.52. The van der Waals surface area contributed by atoms with Crippen molar-refractivity contribution in [2.45, 2.75) is 40.7 Å². The Bertz CT molecular complexity index is 769. The summed E-state index contributed by atoms with van der Waals surface area (Å²) < 4.78 is 0. The molecule has 2 aromatic rings. The van der Waals surface area contributed by atoms with Crippen molar-refractivity contribution in [2.24, 2.45) is 4.99 Å². The van der Waals surface area contributed by atoms with Gasteiger partial charge in [0.15, 0.2) is 5.96 Å². The highest BCUT2D eigenvalue weighted by Crippen LogP contribution is 2.16. The molecule has 140 valence electrons. The van der Waals surface area contributed by atoms with Gasteiger partial charge in [0.25, 0.3) is 0 Å². The third-order valence-electron chi connectivity index (χ3n) is 3.76. The number of benzene rings is 1. The van der Waals surface area contributed by atoms with Crippen LogP contribution in [0.4, 0.5) is 5.69 Å². The summed E-state index contributed by atoms with van der Waals surface area (Å²) in [5.74, 6) is 0.482. The van der Waals surface area contributed by atoms with Crippen LogP contribution in [0.15, 0.2) is 29.3 Å². The van der Waals surface area contributed by atoms with E-state index in [0.717, 1.165) is 29.4 Å². The molecule has 1 amide bonds. The number of thiazole rings is 1. The first-order valence-electron chi connectivity index (χ1n) is 8.85. The van der Waals surface area contributed by atoms with Gasteiger partial charge >= 0.3 is 0 Å². The van der Waals surface area contributed by atoms with E-state index in [1.807, 2.05) is 45.0 Å². The van der Waals surface area contributed by atoms with Crippen LogP contribution < -0.4 is 16.0 Å². The van der Waals surface area contributed by atoms with Gasteiger partial charge in [-0.2, -0.15) is 0 Å². The van der Waals surface area contributed by atoms with Crippen molar-refractivity contribution in [1.29, 1.82) is 0 Å². The van der Waals surface area contributed by atoms with Gasteiger partial charge in [0, 0.05) is 17.1 Å². The largest absolute Gasteiger partial charge is 0.357 e. The van der Waals surface area contributed by atoms with E-state index in [-0.39, 0.29) is 12.5 Å². The molecular weight excluding hydrogens is 346 g/mol. The second-order valence-corrected chi connectivity index (χ2v) is 7.18. The van der Waals surface area contributed by atoms with Crippen LogP contribution in [-0.4, -0.2) is 29.9 Å². The molecule has 6 nitrogen and oxygen atoms in total. The second-order valence-electron chi connectivity index (χ2n) is 5.89. The molecule has 1 heterocycles. The van der Waals surface area contributed by atoms with Gasteiger partial charge in [-0.25, -0.2) is 9.98 Å². The van der Waals surface area contributed by atoms with Gasteiger partial charge in [0.2, 0.25) is 5.91 Å². The minimum absolute atomic E-state index is 0.0619. The van der Waals surface area contributed by atoms with Crippen LogP contribution in [-0.2, 0) is 17.8 Å². The molecule has 1 aromatic carbocycles. The van der Waals surface area contributed by atoms with Crippen molar-refractivity contribution < 1.29 is 4.79 Å². The third kappa shape index (κ3) is 6.15. The van der Waals surface area contributed by atoms with Crippen LogP contribution in [0.5, 0.6) is 0 Å². The summed E-state index contributed by atoms with van der Waals surface area (Å²) in [5, 5.41) is 10.4. The number of aryl methyl sites for hydroxylation is 3. The second kappa shape index (κ2) is 9.91. The molecule has 26 heavy (non-hydrogen) atoms. The van der Waals surface area contributed by atoms with Crippen molar-refractivity contribution in [1.82, 2.24) is 15.6 Å². The molecule has 1 aromatic heterocycles. The predicted molar refractivity (Wildman–Crippen MR) is 109 cm³/mol. The summed E-state index contributed by atoms with van der Waals surface area (Å²) in [5.41, 5.74) is 3.03. The third-order valence-corrected chi connectivity index (χ3v) is 4.83. The van der Waals surface area contributed by atoms with Crippen LogP contribution >= 0.6 is 11.3 Å². The average molecular weight is 374 g/mol. The highest BCUT2D eigenvalue weighted by molar-refractivity contribution is 7.11. The fourth-order valence-corrected chi connectivity index (χ4v) is 3.34. The average Bonchev–Trinajstić information content (AvgIpc) is 2.95. The Morgan fingerprint density at radius 2 is 2.04 bits per heavy atom. The summed E-state index contributed by atoms with van der Waals surface area (Å²) in [6.07, 6.45) is 0.937. The van der Waals surface area contributed by atoms with Crippen molar-refractivity contribution in [3.05, 3.63) is 45.4 Å². The summed E-state index contributed by atoms with van der Waals surface area (Å²) in [4.78, 5) is 22.1. The fraction of sp³-hybridized carbons (Fsp3) is 0.421. The molecule has 0 aliphatic rings. The molecule has 0 aliphatic carbocycles. The lowest BCUT2D eigenvalue weighted by molar-refractivity contribution is -0.114. The van der Waals surface area contributed by atoms with Gasteiger partial charge in [0.1, 0.15) is 6.54 Å². The quantitative estimate of drug-likeness (QED) is 0.515. The molecule has 0 aliphatic heterocycles. The van der Waals surface area contributed by atoms with Gasteiger partial charge in [-0.05, 0) is 44.9 Å². The fourth-order valence-electron chi connectivity index (χ4n) is 2.46. The number of carbonyl (C=O) groups excluding carboxylic acids is 1. The van der Waals surface area contributed by atoms with Crippen LogP contribution in [0.2, 0.25) is 0 Å². The van der Waals surface area contributed by atoms with E-state index >= 15 is 0 Å². The number of carbonyl (C=O) groups is 1. The molecule has 0 bridgehead atoms. The SMILES string of the molecule is CCNC(=NCC(=O)Nc1cccc(CC)c1)NCc1sc(C)nc1C. The molecule has 3 N–H and O–H groups in total. The van der Waals surface area contributed by atoms with Crippen LogP contribution in [0.3, 0.4) is 0 Å². The lowest BCUT2D eigenvalue weighted by Gasteiger charge is -2.11. The lowest BCUT2D eigenvalue weighted by atomic mass is 10.1. The van der Waals surface area contributed by atoms with E-state index < -0.39 is 0 Å². The molecule has 0 unspecified atom stereocenters. The number of aromatic nitrogens is 1. The molecule has 0 fully saturated rings. The van der Waals surface area contributed by atoms with E-state index in [0.29, 0.717) is 12.5 Å². The number of anilines is 1. The number of hydrogen-bond acceptors (Lipinski definition) is 4. The van der Waals surface area contributed by atoms with E-state index in [9.17, 15) is 4.79 Å². The van der Waals surface area contributed by atoms with Crippen molar-refractivity contribution in [3.8, 4) is 0 Å². The molecule has 0 radical (unpaired) electrons. The van der Waals surface area contributed by atoms with E-state index in [2.05, 4.69) is 32.9 Å². The Kier molecular flexibility index (Phi) is 7.59. The van der Waals surface area contributed by atoms with Crippen LogP contribution in [0, 0.1) is 13.8 Å². The first-order valence-corrected chi connectivity index (χ1v) is 9.67. The van der Waals surface area contributed by atoms with E-state index in [1.165, 1.54) is 10.4 Å². The minimum atomic E-state index is -0.139. The van der Waals surface area contributed by atoms with Crippen molar-refractivity contribution in [3.63, 3.8) is 0 Å². The Morgan fingerprint density at radius 3 is 2.69 bits per heavy atom. The zero-order valence-corrected chi connectivity index (χ0v) is 16.7. The zero-order chi connectivity index (χ0) is 18.9. The van der Waals surface area contributed by atoms with Gasteiger partial charge in [-0.15, -0.1) is 11.3 Å². The summed E-state index contributed by atoms with van der Waals surface area (Å²) >= 11 is 1.67. The van der Waals surface area contributed by atoms with Gasteiger partial charge in [-0.1, -0.05) is 19.1 Å². The topological polar surface area (TPSA) is 78.4 Å². The van der Waals surface area contributed by atoms with E-state index in [1.54, 1.807) is 11.3 Å². The molecule has 7 heteroatoms. The molecule has 2 rings (SSSR count). The van der Waals surface area contributed by atoms with Gasteiger partial charge in [0.05, 0.1) is 17.2 Å². The standard InChI is InChI=1S/C19H27N5OS/c1-5-15-8-7-9-16(10-15)24-18(25)12-22-19(20-6-2)21-11-17-13(3)23-14(4)26-17/h7-10H,5-6,11-12H2,1-4H3,(H,24,25)(H2,20,21,22). The van der Waals surface area contributed by atoms with Gasteiger partial charge < -0.3 is 16.0 Å². The maximum absolute atomic E-state index is 12.2. The van der Waals surface area contributed by atoms with Crippen LogP contribution in [0.25, 0.3) is 0 Å². The first-order chi connectivity index (χ1) is 12.5. The number of amides is 1. The highest BCUT2D eigenvalue weighted by atomic mass is 32.1. The number of hydrogen-bond donors (Lipinski definition) is 3. The maximum Gasteiger partial charge on any atom is 0.246 e. The Hall–Kier alpha value is -2.41. The van der Waals surface area contributed by atoms with Crippen LogP contribution in [0.1, 0.15) is 35.0 Å². The summed E-state index contributed by atoms with van der Waals surface area (Å²) in [7, 11) is 0. The van der Waals surface area contributed by atoms with Crippen molar-refractivity contribution in [2.75, 3.05) is 18.4 Å². The number of guanidine groups is 1. The summed E-state index contributed by atoms with van der Waals surface area (Å²) in [6, 6.07) is 7.87.